The second-order valence-electron chi connectivity index (χ2n) is 2.85. The molecule has 0 amide bonds. The van der Waals surface area contributed by atoms with Crippen molar-refractivity contribution in [1.82, 2.24) is 4.90 Å². The van der Waals surface area contributed by atoms with Crippen LogP contribution >= 0.6 is 22.6 Å². The third-order valence-electron chi connectivity index (χ3n) is 2.03. The monoisotopic (exact) mass is 294 g/mol. The summed E-state index contributed by atoms with van der Waals surface area (Å²) in [7, 11) is 0. The van der Waals surface area contributed by atoms with E-state index in [-0.39, 0.29) is 22.5 Å². The van der Waals surface area contributed by atoms with Crippen molar-refractivity contribution in [2.24, 2.45) is 4.99 Å². The molecule has 2 rings (SSSR count). The van der Waals surface area contributed by atoms with E-state index in [4.69, 9.17) is 5.11 Å². The van der Waals surface area contributed by atoms with E-state index in [2.05, 4.69) is 27.6 Å². The van der Waals surface area contributed by atoms with Crippen LogP contribution in [-0.4, -0.2) is 32.5 Å². The minimum absolute atomic E-state index is 0.0559. The molecule has 2 aliphatic rings. The molecular formula is C8H8FIN2O. The van der Waals surface area contributed by atoms with E-state index in [1.807, 2.05) is 0 Å². The number of allylic oxidation sites excluding steroid dienone is 2. The van der Waals surface area contributed by atoms with E-state index in [1.54, 1.807) is 11.0 Å². The minimum Gasteiger partial charge on any atom is -0.388 e. The number of halogens is 2. The number of alkyl halides is 1. The van der Waals surface area contributed by atoms with Crippen LogP contribution in [0.25, 0.3) is 0 Å². The van der Waals surface area contributed by atoms with Crippen LogP contribution in [0, 0.1) is 0 Å². The van der Waals surface area contributed by atoms with Crippen LogP contribution in [0.15, 0.2) is 29.2 Å². The Kier molecular flexibility index (Phi) is 2.37. The van der Waals surface area contributed by atoms with E-state index in [0.717, 1.165) is 0 Å². The molecule has 0 aliphatic carbocycles. The summed E-state index contributed by atoms with van der Waals surface area (Å²) >= 11 is 2.17. The molecule has 0 bridgehead atoms. The lowest BCUT2D eigenvalue weighted by molar-refractivity contribution is 0.337. The maximum atomic E-state index is 12.9. The van der Waals surface area contributed by atoms with Crippen molar-refractivity contribution < 1.29 is 9.50 Å². The Labute approximate surface area is 88.8 Å². The molecule has 2 aliphatic heterocycles. The number of hydrogen-bond acceptors (Lipinski definition) is 3. The number of rotatable bonds is 1. The SMILES string of the molecule is OCC1=NC(I)C2C=CC(F)=CN12. The fourth-order valence-electron chi connectivity index (χ4n) is 1.42. The molecule has 2 heterocycles. The van der Waals surface area contributed by atoms with Gasteiger partial charge in [0.05, 0.1) is 6.04 Å². The van der Waals surface area contributed by atoms with Crippen LogP contribution in [0.1, 0.15) is 0 Å². The fourth-order valence-corrected chi connectivity index (χ4v) is 2.33. The van der Waals surface area contributed by atoms with Crippen molar-refractivity contribution in [2.75, 3.05) is 6.61 Å². The maximum Gasteiger partial charge on any atom is 0.139 e. The van der Waals surface area contributed by atoms with Crippen molar-refractivity contribution in [3.63, 3.8) is 0 Å². The molecule has 0 aromatic heterocycles. The van der Waals surface area contributed by atoms with Crippen LogP contribution in [0.3, 0.4) is 0 Å². The van der Waals surface area contributed by atoms with E-state index in [0.29, 0.717) is 5.84 Å². The largest absolute Gasteiger partial charge is 0.388 e. The number of nitrogens with zero attached hydrogens (tertiary/aromatic N) is 2. The second kappa shape index (κ2) is 3.38. The summed E-state index contributed by atoms with van der Waals surface area (Å²) in [4.78, 5) is 5.88. The van der Waals surface area contributed by atoms with E-state index in [1.165, 1.54) is 12.3 Å². The molecule has 2 atom stereocenters. The Bertz CT molecular complexity index is 313. The summed E-state index contributed by atoms with van der Waals surface area (Å²) < 4.78 is 12.9. The highest BCUT2D eigenvalue weighted by Gasteiger charge is 2.33. The number of amidine groups is 1. The zero-order valence-corrected chi connectivity index (χ0v) is 8.85. The van der Waals surface area contributed by atoms with E-state index >= 15 is 0 Å². The summed E-state index contributed by atoms with van der Waals surface area (Å²) in [6.45, 7) is -0.145. The van der Waals surface area contributed by atoms with Crippen molar-refractivity contribution in [2.45, 2.75) is 10.1 Å². The van der Waals surface area contributed by atoms with Gasteiger partial charge < -0.3 is 10.0 Å². The van der Waals surface area contributed by atoms with Crippen LogP contribution in [-0.2, 0) is 0 Å². The zero-order chi connectivity index (χ0) is 9.42. The van der Waals surface area contributed by atoms with Gasteiger partial charge in [-0.3, -0.25) is 4.99 Å². The van der Waals surface area contributed by atoms with Gasteiger partial charge in [-0.1, -0.05) is 28.7 Å². The topological polar surface area (TPSA) is 35.8 Å². The average Bonchev–Trinajstić information content (AvgIpc) is 2.42. The Hall–Kier alpha value is -0.430. The van der Waals surface area contributed by atoms with Gasteiger partial charge in [0.2, 0.25) is 0 Å². The van der Waals surface area contributed by atoms with Gasteiger partial charge in [0, 0.05) is 6.20 Å². The Morgan fingerprint density at radius 2 is 2.46 bits per heavy atom. The summed E-state index contributed by atoms with van der Waals surface area (Å²) in [6.07, 6.45) is 4.57. The molecule has 0 spiro atoms. The summed E-state index contributed by atoms with van der Waals surface area (Å²) in [5, 5.41) is 8.96. The Morgan fingerprint density at radius 3 is 3.15 bits per heavy atom. The number of aliphatic imine (C=N–C) groups is 1. The van der Waals surface area contributed by atoms with Gasteiger partial charge in [-0.05, 0) is 6.08 Å². The lowest BCUT2D eigenvalue weighted by atomic mass is 10.2. The third-order valence-corrected chi connectivity index (χ3v) is 3.05. The first-order valence-corrected chi connectivity index (χ1v) is 5.12. The summed E-state index contributed by atoms with van der Waals surface area (Å²) in [6, 6.07) is 0.0576. The molecule has 70 valence electrons. The van der Waals surface area contributed by atoms with Gasteiger partial charge in [-0.25, -0.2) is 4.39 Å². The normalized spacial score (nSPS) is 31.5. The number of aliphatic hydroxyl groups excluding tert-OH is 1. The van der Waals surface area contributed by atoms with E-state index < -0.39 is 0 Å². The molecule has 0 saturated heterocycles. The van der Waals surface area contributed by atoms with Gasteiger partial charge in [-0.2, -0.15) is 0 Å². The Balaban J connectivity index is 2.29. The Morgan fingerprint density at radius 1 is 1.69 bits per heavy atom. The van der Waals surface area contributed by atoms with Crippen molar-refractivity contribution in [3.05, 3.63) is 24.2 Å². The molecule has 13 heavy (non-hydrogen) atoms. The molecule has 0 fully saturated rings. The molecule has 2 unspecified atom stereocenters. The molecule has 3 nitrogen and oxygen atoms in total. The highest BCUT2D eigenvalue weighted by atomic mass is 127. The van der Waals surface area contributed by atoms with Crippen LogP contribution < -0.4 is 0 Å². The number of aliphatic hydroxyl groups is 1. The predicted octanol–water partition coefficient (Wildman–Crippen LogP) is 1.20. The van der Waals surface area contributed by atoms with Crippen LogP contribution in [0.5, 0.6) is 0 Å². The lowest BCUT2D eigenvalue weighted by Crippen LogP contribution is -2.35. The molecule has 1 N–H and O–H groups in total. The molecule has 0 radical (unpaired) electrons. The maximum absolute atomic E-state index is 12.9. The fraction of sp³-hybridized carbons (Fsp3) is 0.375. The predicted molar refractivity (Wildman–Crippen MR) is 56.3 cm³/mol. The number of fused-ring (bicyclic) bond motifs is 1. The second-order valence-corrected chi connectivity index (χ2v) is 4.12. The number of hydrogen-bond donors (Lipinski definition) is 1. The van der Waals surface area contributed by atoms with Gasteiger partial charge in [-0.15, -0.1) is 0 Å². The van der Waals surface area contributed by atoms with Gasteiger partial charge in [0.1, 0.15) is 22.3 Å². The highest BCUT2D eigenvalue weighted by Crippen LogP contribution is 2.28. The van der Waals surface area contributed by atoms with Crippen molar-refractivity contribution in [3.8, 4) is 0 Å². The van der Waals surface area contributed by atoms with Crippen molar-refractivity contribution in [1.29, 1.82) is 0 Å². The third kappa shape index (κ3) is 1.50. The average molecular weight is 294 g/mol. The van der Waals surface area contributed by atoms with Gasteiger partial charge >= 0.3 is 0 Å². The zero-order valence-electron chi connectivity index (χ0n) is 6.69. The van der Waals surface area contributed by atoms with Crippen LogP contribution in [0.4, 0.5) is 4.39 Å². The first-order valence-electron chi connectivity index (χ1n) is 3.88. The van der Waals surface area contributed by atoms with Gasteiger partial charge in [0.25, 0.3) is 0 Å². The molecule has 0 aromatic rings. The standard InChI is InChI=1S/C8H8FIN2O/c9-5-1-2-6-8(10)11-7(4-13)12(6)3-5/h1-3,6,8,13H,4H2. The minimum atomic E-state index is -0.303. The highest BCUT2D eigenvalue weighted by molar-refractivity contribution is 14.1. The lowest BCUT2D eigenvalue weighted by Gasteiger charge is -2.24. The molecule has 0 saturated carbocycles. The van der Waals surface area contributed by atoms with Crippen LogP contribution in [0.2, 0.25) is 0 Å². The molecule has 0 aromatic carbocycles. The summed E-state index contributed by atoms with van der Waals surface area (Å²) in [5.41, 5.74) is 0. The van der Waals surface area contributed by atoms with E-state index in [9.17, 15) is 4.39 Å². The smallest absolute Gasteiger partial charge is 0.139 e. The van der Waals surface area contributed by atoms with Gasteiger partial charge in [0.15, 0.2) is 0 Å². The summed E-state index contributed by atoms with van der Waals surface area (Å²) in [5.74, 6) is 0.229. The first kappa shape index (κ1) is 9.14. The first-order chi connectivity index (χ1) is 6.22. The molecule has 5 heteroatoms. The molecular weight excluding hydrogens is 286 g/mol. The quantitative estimate of drug-likeness (QED) is 0.448. The van der Waals surface area contributed by atoms with Crippen molar-refractivity contribution >= 4 is 28.4 Å².